The first kappa shape index (κ1) is 25.4. The Balaban J connectivity index is 2.00. The predicted molar refractivity (Wildman–Crippen MR) is 124 cm³/mol. The van der Waals surface area contributed by atoms with Crippen LogP contribution in [0.1, 0.15) is 56.6 Å². The monoisotopic (exact) mass is 441 g/mol. The molecule has 0 radical (unpaired) electrons. The molecule has 0 unspecified atom stereocenters. The summed E-state index contributed by atoms with van der Waals surface area (Å²) in [6.45, 7) is 2.46. The van der Waals surface area contributed by atoms with Gasteiger partial charge in [0, 0.05) is 0 Å². The number of hydrogen-bond acceptors (Lipinski definition) is 6. The smallest absolute Gasteiger partial charge is 0.316 e. The van der Waals surface area contributed by atoms with E-state index in [0.29, 0.717) is 0 Å². The lowest BCUT2D eigenvalue weighted by Crippen LogP contribution is -2.42. The van der Waals surface area contributed by atoms with Crippen molar-refractivity contribution in [2.24, 2.45) is 11.7 Å². The topological polar surface area (TPSA) is 110 Å². The van der Waals surface area contributed by atoms with Crippen molar-refractivity contribution < 1.29 is 24.5 Å². The average Bonchev–Trinajstić information content (AvgIpc) is 2.79. The minimum absolute atomic E-state index is 0.117. The summed E-state index contributed by atoms with van der Waals surface area (Å²) in [5.74, 6) is -1.69. The number of ketones is 1. The van der Waals surface area contributed by atoms with E-state index < -0.39 is 17.9 Å². The van der Waals surface area contributed by atoms with Crippen molar-refractivity contribution in [3.05, 3.63) is 59.7 Å². The minimum atomic E-state index is -1.01. The number of Topliss-reactive ketones (excluding diaryl/α,β-unsaturated/α-hetero) is 1. The summed E-state index contributed by atoms with van der Waals surface area (Å²) in [6.07, 6.45) is 6.87. The van der Waals surface area contributed by atoms with Crippen LogP contribution < -0.4 is 5.73 Å². The summed E-state index contributed by atoms with van der Waals surface area (Å²) in [4.78, 5) is 25.9. The van der Waals surface area contributed by atoms with Gasteiger partial charge in [-0.2, -0.15) is 0 Å². The molecule has 174 valence electrons. The van der Waals surface area contributed by atoms with Crippen molar-refractivity contribution in [2.45, 2.75) is 64.3 Å². The fourth-order valence-corrected chi connectivity index (χ4v) is 3.57. The Bertz CT molecular complexity index is 832. The number of hydrogen-bond donors (Lipinski definition) is 3. The normalized spacial score (nSPS) is 12.8. The average molecular weight is 442 g/mol. The van der Waals surface area contributed by atoms with Gasteiger partial charge in [0.2, 0.25) is 0 Å². The Morgan fingerprint density at radius 3 is 1.88 bits per heavy atom. The zero-order valence-corrected chi connectivity index (χ0v) is 18.8. The van der Waals surface area contributed by atoms with Gasteiger partial charge < -0.3 is 20.7 Å². The SMILES string of the molecule is CCCCCCCCOC(=O)[C@H](Cc1ccc(O)cc1)C(=O)[C@@H](N)Cc1ccc(O)cc1. The molecule has 0 heterocycles. The maximum Gasteiger partial charge on any atom is 0.316 e. The summed E-state index contributed by atoms with van der Waals surface area (Å²) in [7, 11) is 0. The first-order valence-corrected chi connectivity index (χ1v) is 11.4. The number of esters is 1. The second-order valence-corrected chi connectivity index (χ2v) is 8.24. The highest BCUT2D eigenvalue weighted by molar-refractivity contribution is 6.02. The molecule has 0 fully saturated rings. The van der Waals surface area contributed by atoms with Crippen LogP contribution in [0.25, 0.3) is 0 Å². The van der Waals surface area contributed by atoms with E-state index in [1.165, 1.54) is 43.5 Å². The molecule has 0 aliphatic carbocycles. The van der Waals surface area contributed by atoms with Crippen LogP contribution in [-0.4, -0.2) is 34.6 Å². The van der Waals surface area contributed by atoms with Crippen LogP contribution in [-0.2, 0) is 27.2 Å². The number of unbranched alkanes of at least 4 members (excludes halogenated alkanes) is 5. The Kier molecular flexibility index (Phi) is 10.7. The largest absolute Gasteiger partial charge is 0.508 e. The van der Waals surface area contributed by atoms with Crippen molar-refractivity contribution >= 4 is 11.8 Å². The lowest BCUT2D eigenvalue weighted by molar-refractivity contribution is -0.152. The molecular weight excluding hydrogens is 406 g/mol. The van der Waals surface area contributed by atoms with Gasteiger partial charge in [0.25, 0.3) is 0 Å². The molecule has 2 atom stereocenters. The molecule has 0 aliphatic heterocycles. The second-order valence-electron chi connectivity index (χ2n) is 8.24. The Morgan fingerprint density at radius 2 is 1.31 bits per heavy atom. The minimum Gasteiger partial charge on any atom is -0.508 e. The molecule has 0 aromatic heterocycles. The van der Waals surface area contributed by atoms with Gasteiger partial charge in [-0.05, 0) is 54.7 Å². The number of carbonyl (C=O) groups excluding carboxylic acids is 2. The summed E-state index contributed by atoms with van der Waals surface area (Å²) in [5.41, 5.74) is 7.71. The molecule has 2 aromatic rings. The van der Waals surface area contributed by atoms with Gasteiger partial charge in [0.15, 0.2) is 5.78 Å². The highest BCUT2D eigenvalue weighted by Crippen LogP contribution is 2.19. The van der Waals surface area contributed by atoms with E-state index in [1.807, 2.05) is 0 Å². The molecule has 0 aliphatic rings. The third-order valence-corrected chi connectivity index (χ3v) is 5.50. The lowest BCUT2D eigenvalue weighted by Gasteiger charge is -2.19. The van der Waals surface area contributed by atoms with Crippen LogP contribution in [0.2, 0.25) is 0 Å². The van der Waals surface area contributed by atoms with Crippen LogP contribution in [0, 0.1) is 5.92 Å². The van der Waals surface area contributed by atoms with Gasteiger partial charge in [-0.1, -0.05) is 63.3 Å². The first-order chi connectivity index (χ1) is 15.4. The van der Waals surface area contributed by atoms with Crippen LogP contribution in [0.4, 0.5) is 0 Å². The fourth-order valence-electron chi connectivity index (χ4n) is 3.57. The van der Waals surface area contributed by atoms with E-state index in [1.54, 1.807) is 24.3 Å². The van der Waals surface area contributed by atoms with Crippen molar-refractivity contribution in [3.63, 3.8) is 0 Å². The molecular formula is C26H35NO5. The predicted octanol–water partition coefficient (Wildman–Crippen LogP) is 4.30. The van der Waals surface area contributed by atoms with E-state index in [9.17, 15) is 19.8 Å². The molecule has 32 heavy (non-hydrogen) atoms. The summed E-state index contributed by atoms with van der Waals surface area (Å²) in [6, 6.07) is 12.0. The molecule has 6 heteroatoms. The molecule has 2 rings (SSSR count). The molecule has 0 saturated carbocycles. The zero-order valence-electron chi connectivity index (χ0n) is 18.8. The third kappa shape index (κ3) is 8.71. The van der Waals surface area contributed by atoms with Crippen molar-refractivity contribution in [3.8, 4) is 11.5 Å². The van der Waals surface area contributed by atoms with Gasteiger partial charge in [-0.25, -0.2) is 0 Å². The van der Waals surface area contributed by atoms with Crippen molar-refractivity contribution in [1.29, 1.82) is 0 Å². The molecule has 0 saturated heterocycles. The Hall–Kier alpha value is -2.86. The molecule has 2 aromatic carbocycles. The molecule has 6 nitrogen and oxygen atoms in total. The van der Waals surface area contributed by atoms with Crippen LogP contribution in [0.15, 0.2) is 48.5 Å². The first-order valence-electron chi connectivity index (χ1n) is 11.4. The van der Waals surface area contributed by atoms with E-state index in [-0.39, 0.29) is 36.7 Å². The summed E-state index contributed by atoms with van der Waals surface area (Å²) < 4.78 is 5.45. The van der Waals surface area contributed by atoms with E-state index >= 15 is 0 Å². The van der Waals surface area contributed by atoms with E-state index in [2.05, 4.69) is 6.92 Å². The molecule has 0 bridgehead atoms. The highest BCUT2D eigenvalue weighted by Gasteiger charge is 2.32. The van der Waals surface area contributed by atoms with Crippen LogP contribution in [0.5, 0.6) is 11.5 Å². The van der Waals surface area contributed by atoms with Gasteiger partial charge in [0.05, 0.1) is 12.6 Å². The fraction of sp³-hybridized carbons (Fsp3) is 0.462. The maximum absolute atomic E-state index is 13.1. The van der Waals surface area contributed by atoms with Gasteiger partial charge >= 0.3 is 5.97 Å². The Labute approximate surface area is 190 Å². The quantitative estimate of drug-likeness (QED) is 0.229. The standard InChI is InChI=1S/C26H35NO5/c1-2-3-4-5-6-7-16-32-26(31)23(17-19-8-12-21(28)13-9-19)25(30)24(27)18-20-10-14-22(29)15-11-20/h8-15,23-24,28-29H,2-7,16-18,27H2,1H3/t23-,24+/m1/s1. The number of ether oxygens (including phenoxy) is 1. The molecule has 0 spiro atoms. The summed E-state index contributed by atoms with van der Waals surface area (Å²) >= 11 is 0. The van der Waals surface area contributed by atoms with Crippen molar-refractivity contribution in [2.75, 3.05) is 6.61 Å². The maximum atomic E-state index is 13.1. The summed E-state index contributed by atoms with van der Waals surface area (Å²) in [5, 5.41) is 18.9. The van der Waals surface area contributed by atoms with Crippen molar-refractivity contribution in [1.82, 2.24) is 0 Å². The zero-order chi connectivity index (χ0) is 23.3. The second kappa shape index (κ2) is 13.5. The Morgan fingerprint density at radius 1 is 0.812 bits per heavy atom. The van der Waals surface area contributed by atoms with Crippen LogP contribution >= 0.6 is 0 Å². The number of rotatable bonds is 14. The highest BCUT2D eigenvalue weighted by atomic mass is 16.5. The molecule has 0 amide bonds. The lowest BCUT2D eigenvalue weighted by atomic mass is 9.89. The third-order valence-electron chi connectivity index (χ3n) is 5.50. The van der Waals surface area contributed by atoms with Gasteiger partial charge in [-0.3, -0.25) is 9.59 Å². The molecule has 4 N–H and O–H groups in total. The number of carbonyl (C=O) groups is 2. The number of phenolic OH excluding ortho intramolecular Hbond substituents is 2. The number of nitrogens with two attached hydrogens (primary N) is 1. The van der Waals surface area contributed by atoms with E-state index in [4.69, 9.17) is 10.5 Å². The number of benzene rings is 2. The van der Waals surface area contributed by atoms with Gasteiger partial charge in [0.1, 0.15) is 17.4 Å². The number of aromatic hydroxyl groups is 2. The van der Waals surface area contributed by atoms with Gasteiger partial charge in [-0.15, -0.1) is 0 Å². The van der Waals surface area contributed by atoms with Crippen LogP contribution in [0.3, 0.4) is 0 Å². The van der Waals surface area contributed by atoms with E-state index in [0.717, 1.165) is 30.4 Å². The number of phenols is 2.